The number of hydrogen-bond acceptors (Lipinski definition) is 1. The van der Waals surface area contributed by atoms with Crippen LogP contribution in [0.25, 0.3) is 0 Å². The molecular formula is C12H22F3N. The normalized spacial score (nSPS) is 27.0. The minimum Gasteiger partial charge on any atom is -0.314 e. The van der Waals surface area contributed by atoms with Gasteiger partial charge in [-0.05, 0) is 38.1 Å². The van der Waals surface area contributed by atoms with Gasteiger partial charge >= 0.3 is 6.18 Å². The zero-order valence-corrected chi connectivity index (χ0v) is 9.95. The predicted octanol–water partition coefficient (Wildman–Crippen LogP) is 3.89. The number of alkyl halides is 3. The van der Waals surface area contributed by atoms with E-state index in [0.29, 0.717) is 12.5 Å². The molecule has 2 atom stereocenters. The van der Waals surface area contributed by atoms with Gasteiger partial charge in [0.25, 0.3) is 0 Å². The Hall–Kier alpha value is -0.250. The third kappa shape index (κ3) is 6.36. The smallest absolute Gasteiger partial charge is 0.314 e. The quantitative estimate of drug-likeness (QED) is 0.715. The summed E-state index contributed by atoms with van der Waals surface area (Å²) in [6.45, 7) is 2.98. The Bertz CT molecular complexity index is 191. The van der Waals surface area contributed by atoms with Gasteiger partial charge in [0.1, 0.15) is 0 Å². The summed E-state index contributed by atoms with van der Waals surface area (Å²) >= 11 is 0. The fourth-order valence-electron chi connectivity index (χ4n) is 2.38. The van der Waals surface area contributed by atoms with Crippen LogP contribution in [0.4, 0.5) is 13.2 Å². The summed E-state index contributed by atoms with van der Waals surface area (Å²) in [5, 5.41) is 3.37. The lowest BCUT2D eigenvalue weighted by atomic mass is 9.87. The first-order valence-electron chi connectivity index (χ1n) is 6.27. The van der Waals surface area contributed by atoms with Crippen LogP contribution in [0.2, 0.25) is 0 Å². The first-order valence-corrected chi connectivity index (χ1v) is 6.27. The number of nitrogens with one attached hydrogen (secondary N) is 1. The zero-order valence-electron chi connectivity index (χ0n) is 9.95. The van der Waals surface area contributed by atoms with Crippen LogP contribution < -0.4 is 5.32 Å². The lowest BCUT2D eigenvalue weighted by Gasteiger charge is -2.27. The Balaban J connectivity index is 1.98. The third-order valence-corrected chi connectivity index (χ3v) is 3.26. The van der Waals surface area contributed by atoms with Crippen LogP contribution in [0, 0.1) is 5.92 Å². The van der Waals surface area contributed by atoms with Crippen LogP contribution in [-0.2, 0) is 0 Å². The molecular weight excluding hydrogens is 215 g/mol. The van der Waals surface area contributed by atoms with Gasteiger partial charge in [-0.2, -0.15) is 13.2 Å². The van der Waals surface area contributed by atoms with Crippen LogP contribution in [0.3, 0.4) is 0 Å². The Labute approximate surface area is 95.8 Å². The van der Waals surface area contributed by atoms with Crippen molar-refractivity contribution in [1.29, 1.82) is 0 Å². The van der Waals surface area contributed by atoms with Crippen molar-refractivity contribution < 1.29 is 13.2 Å². The van der Waals surface area contributed by atoms with Gasteiger partial charge in [0.15, 0.2) is 0 Å². The summed E-state index contributed by atoms with van der Waals surface area (Å²) in [5.74, 6) is 0.765. The van der Waals surface area contributed by atoms with Crippen LogP contribution in [0.1, 0.15) is 51.9 Å². The van der Waals surface area contributed by atoms with E-state index in [1.165, 1.54) is 25.7 Å². The fourth-order valence-corrected chi connectivity index (χ4v) is 2.38. The van der Waals surface area contributed by atoms with Crippen molar-refractivity contribution in [2.24, 2.45) is 5.92 Å². The molecule has 1 fully saturated rings. The van der Waals surface area contributed by atoms with Crippen LogP contribution in [0.15, 0.2) is 0 Å². The summed E-state index contributed by atoms with van der Waals surface area (Å²) in [7, 11) is 0. The van der Waals surface area contributed by atoms with E-state index < -0.39 is 12.6 Å². The molecule has 96 valence electrons. The topological polar surface area (TPSA) is 12.0 Å². The second-order valence-electron chi connectivity index (χ2n) is 5.00. The SMILES string of the molecule is CC1CCCC(NCCCCC(F)(F)F)C1. The van der Waals surface area contributed by atoms with Gasteiger partial charge < -0.3 is 5.32 Å². The third-order valence-electron chi connectivity index (χ3n) is 3.26. The number of unbranched alkanes of at least 4 members (excludes halogenated alkanes) is 1. The minimum absolute atomic E-state index is 0.249. The highest BCUT2D eigenvalue weighted by Crippen LogP contribution is 2.24. The zero-order chi connectivity index (χ0) is 12.0. The highest BCUT2D eigenvalue weighted by molar-refractivity contribution is 4.75. The van der Waals surface area contributed by atoms with Crippen molar-refractivity contribution in [2.45, 2.75) is 64.1 Å². The molecule has 0 spiro atoms. The summed E-state index contributed by atoms with van der Waals surface area (Å²) < 4.78 is 35.6. The summed E-state index contributed by atoms with van der Waals surface area (Å²) in [5.41, 5.74) is 0. The van der Waals surface area contributed by atoms with E-state index >= 15 is 0 Å². The molecule has 1 aliphatic rings. The van der Waals surface area contributed by atoms with Gasteiger partial charge in [0, 0.05) is 12.5 Å². The molecule has 0 radical (unpaired) electrons. The minimum atomic E-state index is -3.99. The number of hydrogen-bond donors (Lipinski definition) is 1. The van der Waals surface area contributed by atoms with Crippen molar-refractivity contribution in [2.75, 3.05) is 6.54 Å². The Morgan fingerprint density at radius 2 is 1.94 bits per heavy atom. The molecule has 0 amide bonds. The molecule has 0 saturated heterocycles. The Morgan fingerprint density at radius 3 is 2.56 bits per heavy atom. The lowest BCUT2D eigenvalue weighted by molar-refractivity contribution is -0.135. The largest absolute Gasteiger partial charge is 0.389 e. The maximum absolute atomic E-state index is 11.9. The van der Waals surface area contributed by atoms with Crippen molar-refractivity contribution in [3.63, 3.8) is 0 Å². The van der Waals surface area contributed by atoms with E-state index in [-0.39, 0.29) is 6.42 Å². The van der Waals surface area contributed by atoms with Gasteiger partial charge in [-0.1, -0.05) is 19.8 Å². The maximum atomic E-state index is 11.9. The van der Waals surface area contributed by atoms with Crippen molar-refractivity contribution in [3.8, 4) is 0 Å². The molecule has 1 nitrogen and oxygen atoms in total. The van der Waals surface area contributed by atoms with Crippen LogP contribution >= 0.6 is 0 Å². The summed E-state index contributed by atoms with van der Waals surface area (Å²) in [6.07, 6.45) is 1.16. The first kappa shape index (κ1) is 13.8. The van der Waals surface area contributed by atoms with Gasteiger partial charge in [0.2, 0.25) is 0 Å². The molecule has 16 heavy (non-hydrogen) atoms. The second kappa shape index (κ2) is 6.48. The average molecular weight is 237 g/mol. The summed E-state index contributed by atoms with van der Waals surface area (Å²) in [6, 6.07) is 0.537. The monoisotopic (exact) mass is 237 g/mol. The van der Waals surface area contributed by atoms with E-state index in [9.17, 15) is 13.2 Å². The molecule has 0 bridgehead atoms. The molecule has 0 aliphatic heterocycles. The van der Waals surface area contributed by atoms with Crippen molar-refractivity contribution >= 4 is 0 Å². The highest BCUT2D eigenvalue weighted by atomic mass is 19.4. The van der Waals surface area contributed by atoms with Gasteiger partial charge in [-0.15, -0.1) is 0 Å². The highest BCUT2D eigenvalue weighted by Gasteiger charge is 2.25. The van der Waals surface area contributed by atoms with E-state index in [0.717, 1.165) is 12.5 Å². The van der Waals surface area contributed by atoms with E-state index in [2.05, 4.69) is 12.2 Å². The van der Waals surface area contributed by atoms with Gasteiger partial charge in [0.05, 0.1) is 0 Å². The van der Waals surface area contributed by atoms with Crippen molar-refractivity contribution in [1.82, 2.24) is 5.32 Å². The molecule has 1 rings (SSSR count). The summed E-state index contributed by atoms with van der Waals surface area (Å²) in [4.78, 5) is 0. The molecule has 2 unspecified atom stereocenters. The van der Waals surface area contributed by atoms with E-state index in [1.54, 1.807) is 0 Å². The second-order valence-corrected chi connectivity index (χ2v) is 5.00. The van der Waals surface area contributed by atoms with Crippen LogP contribution in [-0.4, -0.2) is 18.8 Å². The predicted molar refractivity (Wildman–Crippen MR) is 59.3 cm³/mol. The van der Waals surface area contributed by atoms with Crippen molar-refractivity contribution in [3.05, 3.63) is 0 Å². The molecule has 1 aliphatic carbocycles. The maximum Gasteiger partial charge on any atom is 0.389 e. The standard InChI is InChI=1S/C12H22F3N/c1-10-5-4-6-11(9-10)16-8-3-2-7-12(13,14)15/h10-11,16H,2-9H2,1H3. The molecule has 4 heteroatoms. The van der Waals surface area contributed by atoms with E-state index in [4.69, 9.17) is 0 Å². The molecule has 0 aromatic rings. The Morgan fingerprint density at radius 1 is 1.19 bits per heavy atom. The van der Waals surface area contributed by atoms with Gasteiger partial charge in [-0.25, -0.2) is 0 Å². The molecule has 0 heterocycles. The molecule has 0 aromatic carbocycles. The lowest BCUT2D eigenvalue weighted by Crippen LogP contribution is -2.34. The Kier molecular flexibility index (Phi) is 5.59. The van der Waals surface area contributed by atoms with Crippen LogP contribution in [0.5, 0.6) is 0 Å². The fraction of sp³-hybridized carbons (Fsp3) is 1.00. The first-order chi connectivity index (χ1) is 7.47. The average Bonchev–Trinajstić information content (AvgIpc) is 2.15. The van der Waals surface area contributed by atoms with E-state index in [1.807, 2.05) is 0 Å². The molecule has 1 N–H and O–H groups in total. The van der Waals surface area contributed by atoms with Gasteiger partial charge in [-0.3, -0.25) is 0 Å². The number of halogens is 3. The molecule has 1 saturated carbocycles. The molecule has 0 aromatic heterocycles. The number of rotatable bonds is 5.